The number of carbonyl (C=O) groups is 1. The lowest BCUT2D eigenvalue weighted by Crippen LogP contribution is -2.29. The molecule has 1 aliphatic rings. The molecule has 0 bridgehead atoms. The lowest BCUT2D eigenvalue weighted by atomic mass is 9.87. The number of hydrogen-bond donors (Lipinski definition) is 1. The predicted octanol–water partition coefficient (Wildman–Crippen LogP) is 4.49. The summed E-state index contributed by atoms with van der Waals surface area (Å²) in [7, 11) is -3.56. The molecule has 0 fully saturated rings. The fourth-order valence-corrected chi connectivity index (χ4v) is 4.73. The Morgan fingerprint density at radius 1 is 0.973 bits per heavy atom. The van der Waals surface area contributed by atoms with Gasteiger partial charge >= 0.3 is 0 Å². The highest BCUT2D eigenvalue weighted by Gasteiger charge is 2.22. The van der Waals surface area contributed by atoms with E-state index in [-0.39, 0.29) is 24.7 Å². The van der Waals surface area contributed by atoms with Crippen LogP contribution >= 0.6 is 0 Å². The van der Waals surface area contributed by atoms with Crippen molar-refractivity contribution in [2.45, 2.75) is 32.7 Å². The Kier molecular flexibility index (Phi) is 7.63. The number of rotatable bonds is 9. The highest BCUT2D eigenvalue weighted by atomic mass is 32.2. The quantitative estimate of drug-likeness (QED) is 0.415. The van der Waals surface area contributed by atoms with Gasteiger partial charge in [-0.25, -0.2) is 8.42 Å². The Bertz CT molecular complexity index is 1350. The molecule has 0 atom stereocenters. The Balaban J connectivity index is 1.31. The molecule has 0 spiro atoms. The highest BCUT2D eigenvalue weighted by Crippen LogP contribution is 2.36. The minimum atomic E-state index is -3.56. The van der Waals surface area contributed by atoms with Crippen LogP contribution in [-0.2, 0) is 22.0 Å². The first-order valence-electron chi connectivity index (χ1n) is 12.0. The summed E-state index contributed by atoms with van der Waals surface area (Å²) < 4.78 is 42.7. The van der Waals surface area contributed by atoms with Gasteiger partial charge < -0.3 is 19.5 Å². The van der Waals surface area contributed by atoms with Gasteiger partial charge in [0.1, 0.15) is 12.4 Å². The Labute approximate surface area is 218 Å². The van der Waals surface area contributed by atoms with E-state index in [0.717, 1.165) is 17.6 Å². The Morgan fingerprint density at radius 2 is 1.65 bits per heavy atom. The zero-order chi connectivity index (χ0) is 26.6. The summed E-state index contributed by atoms with van der Waals surface area (Å²) >= 11 is 0. The Morgan fingerprint density at radius 3 is 2.30 bits per heavy atom. The first kappa shape index (κ1) is 26.3. The van der Waals surface area contributed by atoms with Crippen LogP contribution in [0.2, 0.25) is 0 Å². The van der Waals surface area contributed by atoms with Crippen molar-refractivity contribution >= 4 is 21.6 Å². The first-order valence-corrected chi connectivity index (χ1v) is 13.8. The van der Waals surface area contributed by atoms with Crippen LogP contribution in [-0.4, -0.2) is 40.5 Å². The van der Waals surface area contributed by atoms with Crippen LogP contribution in [0.15, 0.2) is 66.7 Å². The molecule has 4 rings (SSSR count). The number of nitrogens with zero attached hydrogens (tertiary/aromatic N) is 1. The standard InChI is InChI=1S/C28H32N2O6S/c1-28(2,3)22-9-12-24(13-10-22)34-16-15-29-27(31)21-7-5-20(6-8-21)18-30(37(4,32)33)23-11-14-25-26(17-23)36-19-35-25/h5-14,17H,15-16,18-19H2,1-4H3,(H,29,31). The van der Waals surface area contributed by atoms with E-state index in [9.17, 15) is 13.2 Å². The van der Waals surface area contributed by atoms with Gasteiger partial charge in [0.25, 0.3) is 5.91 Å². The number of anilines is 1. The molecule has 0 radical (unpaired) electrons. The van der Waals surface area contributed by atoms with Crippen LogP contribution in [0.4, 0.5) is 5.69 Å². The minimum absolute atomic E-state index is 0.0804. The molecule has 0 aromatic heterocycles. The second kappa shape index (κ2) is 10.7. The van der Waals surface area contributed by atoms with Crippen LogP contribution in [0.1, 0.15) is 42.3 Å². The van der Waals surface area contributed by atoms with Gasteiger partial charge in [-0.05, 0) is 52.9 Å². The van der Waals surface area contributed by atoms with E-state index in [1.54, 1.807) is 42.5 Å². The summed E-state index contributed by atoms with van der Waals surface area (Å²) in [6, 6.07) is 19.8. The lowest BCUT2D eigenvalue weighted by molar-refractivity contribution is 0.0947. The zero-order valence-electron chi connectivity index (χ0n) is 21.5. The molecular weight excluding hydrogens is 492 g/mol. The largest absolute Gasteiger partial charge is 0.492 e. The molecule has 1 aliphatic heterocycles. The van der Waals surface area contributed by atoms with Gasteiger partial charge in [-0.1, -0.05) is 45.0 Å². The summed E-state index contributed by atoms with van der Waals surface area (Å²) in [6.07, 6.45) is 1.15. The van der Waals surface area contributed by atoms with E-state index in [0.29, 0.717) is 35.9 Å². The number of nitrogens with one attached hydrogen (secondary N) is 1. The average Bonchev–Trinajstić information content (AvgIpc) is 3.32. The van der Waals surface area contributed by atoms with Crippen molar-refractivity contribution < 1.29 is 27.4 Å². The third-order valence-corrected chi connectivity index (χ3v) is 7.10. The first-order chi connectivity index (χ1) is 17.5. The summed E-state index contributed by atoms with van der Waals surface area (Å²) in [5, 5.41) is 2.84. The summed E-state index contributed by atoms with van der Waals surface area (Å²) in [5.74, 6) is 1.61. The number of hydrogen-bond acceptors (Lipinski definition) is 6. The molecule has 8 nitrogen and oxygen atoms in total. The van der Waals surface area contributed by atoms with Crippen molar-refractivity contribution in [1.29, 1.82) is 0 Å². The van der Waals surface area contributed by atoms with Gasteiger partial charge in [0.15, 0.2) is 11.5 Å². The summed E-state index contributed by atoms with van der Waals surface area (Å²) in [6.45, 7) is 7.40. The third-order valence-electron chi connectivity index (χ3n) is 5.96. The van der Waals surface area contributed by atoms with E-state index in [1.807, 2.05) is 24.3 Å². The monoisotopic (exact) mass is 524 g/mol. The maximum Gasteiger partial charge on any atom is 0.251 e. The number of benzene rings is 3. The molecule has 3 aromatic carbocycles. The predicted molar refractivity (Wildman–Crippen MR) is 143 cm³/mol. The lowest BCUT2D eigenvalue weighted by Gasteiger charge is -2.23. The molecule has 1 heterocycles. The third kappa shape index (κ3) is 6.74. The second-order valence-electron chi connectivity index (χ2n) is 9.88. The zero-order valence-corrected chi connectivity index (χ0v) is 22.3. The van der Waals surface area contributed by atoms with Crippen molar-refractivity contribution in [3.63, 3.8) is 0 Å². The van der Waals surface area contributed by atoms with Gasteiger partial charge in [-0.15, -0.1) is 0 Å². The average molecular weight is 525 g/mol. The smallest absolute Gasteiger partial charge is 0.251 e. The van der Waals surface area contributed by atoms with Gasteiger partial charge in [0.2, 0.25) is 16.8 Å². The van der Waals surface area contributed by atoms with Crippen molar-refractivity contribution in [3.05, 3.63) is 83.4 Å². The Hall–Kier alpha value is -3.72. The van der Waals surface area contributed by atoms with Crippen LogP contribution < -0.4 is 23.8 Å². The fraction of sp³-hybridized carbons (Fsp3) is 0.321. The molecule has 0 unspecified atom stereocenters. The van der Waals surface area contributed by atoms with Crippen LogP contribution in [0.25, 0.3) is 0 Å². The summed E-state index contributed by atoms with van der Waals surface area (Å²) in [4.78, 5) is 12.5. The van der Waals surface area contributed by atoms with Gasteiger partial charge in [-0.3, -0.25) is 9.10 Å². The van der Waals surface area contributed by atoms with Crippen molar-refractivity contribution in [1.82, 2.24) is 5.32 Å². The van der Waals surface area contributed by atoms with Crippen molar-refractivity contribution in [2.75, 3.05) is 30.5 Å². The highest BCUT2D eigenvalue weighted by molar-refractivity contribution is 7.92. The molecule has 9 heteroatoms. The van der Waals surface area contributed by atoms with Gasteiger partial charge in [0.05, 0.1) is 25.0 Å². The second-order valence-corrected chi connectivity index (χ2v) is 11.8. The molecule has 37 heavy (non-hydrogen) atoms. The van der Waals surface area contributed by atoms with E-state index in [4.69, 9.17) is 14.2 Å². The number of ether oxygens (including phenoxy) is 3. The molecule has 0 saturated carbocycles. The minimum Gasteiger partial charge on any atom is -0.492 e. The van der Waals surface area contributed by atoms with Crippen LogP contribution in [0.5, 0.6) is 17.2 Å². The fourth-order valence-electron chi connectivity index (χ4n) is 3.85. The van der Waals surface area contributed by atoms with E-state index < -0.39 is 10.0 Å². The van der Waals surface area contributed by atoms with Gasteiger partial charge in [0, 0.05) is 11.6 Å². The topological polar surface area (TPSA) is 94.2 Å². The van der Waals surface area contributed by atoms with E-state index in [2.05, 4.69) is 26.1 Å². The molecule has 1 N–H and O–H groups in total. The maximum absolute atomic E-state index is 12.5. The molecular formula is C28H32N2O6S. The van der Waals surface area contributed by atoms with Crippen molar-refractivity contribution in [3.8, 4) is 17.2 Å². The normalized spacial score (nSPS) is 12.8. The molecule has 3 aromatic rings. The number of fused-ring (bicyclic) bond motifs is 1. The maximum atomic E-state index is 12.5. The van der Waals surface area contributed by atoms with Crippen LogP contribution in [0, 0.1) is 0 Å². The van der Waals surface area contributed by atoms with E-state index in [1.165, 1.54) is 9.87 Å². The van der Waals surface area contributed by atoms with E-state index >= 15 is 0 Å². The summed E-state index contributed by atoms with van der Waals surface area (Å²) in [5.41, 5.74) is 3.00. The molecule has 0 saturated heterocycles. The number of amides is 1. The van der Waals surface area contributed by atoms with Crippen LogP contribution in [0.3, 0.4) is 0 Å². The SMILES string of the molecule is CC(C)(C)c1ccc(OCCNC(=O)c2ccc(CN(c3ccc4c(c3)OCO4)S(C)(=O)=O)cc2)cc1. The number of carbonyl (C=O) groups excluding carboxylic acids is 1. The molecule has 196 valence electrons. The number of sulfonamides is 1. The molecule has 1 amide bonds. The van der Waals surface area contributed by atoms with Gasteiger partial charge in [-0.2, -0.15) is 0 Å². The van der Waals surface area contributed by atoms with Crippen molar-refractivity contribution in [2.24, 2.45) is 0 Å². The molecule has 0 aliphatic carbocycles.